The van der Waals surface area contributed by atoms with Crippen molar-refractivity contribution in [2.75, 3.05) is 13.9 Å². The number of ether oxygens (including phenoxy) is 3. The Morgan fingerprint density at radius 2 is 1.97 bits per heavy atom. The zero-order chi connectivity index (χ0) is 20.0. The van der Waals surface area contributed by atoms with Gasteiger partial charge in [0.05, 0.1) is 23.6 Å². The highest BCUT2D eigenvalue weighted by Crippen LogP contribution is 2.34. The van der Waals surface area contributed by atoms with Gasteiger partial charge in [-0.25, -0.2) is 4.79 Å². The van der Waals surface area contributed by atoms with E-state index in [-0.39, 0.29) is 19.2 Å². The number of fused-ring (bicyclic) bond motifs is 2. The molecule has 146 valence electrons. The lowest BCUT2D eigenvalue weighted by molar-refractivity contribution is 0.174. The smallest absolute Gasteiger partial charge is 0.329 e. The predicted octanol–water partition coefficient (Wildman–Crippen LogP) is 1.53. The fraction of sp³-hybridized carbons (Fsp3) is 0.158. The van der Waals surface area contributed by atoms with Crippen molar-refractivity contribution in [3.05, 3.63) is 63.1 Å². The molecule has 1 aliphatic rings. The molecule has 4 aromatic rings. The minimum atomic E-state index is -0.599. The molecule has 10 nitrogen and oxygen atoms in total. The van der Waals surface area contributed by atoms with Crippen molar-refractivity contribution in [3.63, 3.8) is 0 Å². The third-order valence-corrected chi connectivity index (χ3v) is 4.58. The Balaban J connectivity index is 1.54. The van der Waals surface area contributed by atoms with Crippen LogP contribution in [0.4, 0.5) is 0 Å². The van der Waals surface area contributed by atoms with Crippen LogP contribution in [-0.2, 0) is 6.54 Å². The normalized spacial score (nSPS) is 12.4. The number of methoxy groups -OCH3 is 1. The Kier molecular flexibility index (Phi) is 3.83. The Labute approximate surface area is 162 Å². The first kappa shape index (κ1) is 17.0. The molecule has 1 aliphatic heterocycles. The fourth-order valence-corrected chi connectivity index (χ4v) is 3.18. The number of rotatable bonds is 4. The lowest BCUT2D eigenvalue weighted by Gasteiger charge is -2.05. The van der Waals surface area contributed by atoms with Gasteiger partial charge in [0.1, 0.15) is 12.3 Å². The Morgan fingerprint density at radius 3 is 2.79 bits per heavy atom. The molecule has 0 bridgehead atoms. The lowest BCUT2D eigenvalue weighted by atomic mass is 10.2. The summed E-state index contributed by atoms with van der Waals surface area (Å²) >= 11 is 0. The number of benzene rings is 2. The molecule has 0 fully saturated rings. The van der Waals surface area contributed by atoms with Gasteiger partial charge in [0.15, 0.2) is 11.5 Å². The molecule has 3 heterocycles. The van der Waals surface area contributed by atoms with E-state index in [4.69, 9.17) is 18.7 Å². The van der Waals surface area contributed by atoms with E-state index in [1.807, 2.05) is 12.1 Å². The quantitative estimate of drug-likeness (QED) is 0.553. The third kappa shape index (κ3) is 2.81. The highest BCUT2D eigenvalue weighted by molar-refractivity contribution is 5.81. The highest BCUT2D eigenvalue weighted by atomic mass is 16.7. The predicted molar refractivity (Wildman–Crippen MR) is 100 cm³/mol. The van der Waals surface area contributed by atoms with Crippen LogP contribution in [0.25, 0.3) is 22.3 Å². The second kappa shape index (κ2) is 6.51. The van der Waals surface area contributed by atoms with E-state index in [0.29, 0.717) is 39.5 Å². The highest BCUT2D eigenvalue weighted by Gasteiger charge is 2.19. The molecule has 2 aromatic carbocycles. The first-order chi connectivity index (χ1) is 14.1. The maximum Gasteiger partial charge on any atom is 0.329 e. The summed E-state index contributed by atoms with van der Waals surface area (Å²) in [6.07, 6.45) is 0. The standard InChI is InChI=1S/C19H14N4O6/c1-26-13-5-3-2-4-10(13)17-21-16(29-22-17)8-23-18(24)11-6-14-15(28-9-27-14)7-12(11)20-19(23)25/h2-7H,8-9H2,1H3,(H,20,25). The molecule has 0 saturated carbocycles. The van der Waals surface area contributed by atoms with Gasteiger partial charge in [0.2, 0.25) is 18.5 Å². The SMILES string of the molecule is COc1ccccc1-c1noc(Cn2c(=O)[nH]c3cc4c(cc3c2=O)OCO4)n1. The topological polar surface area (TPSA) is 121 Å². The van der Waals surface area contributed by atoms with E-state index in [1.165, 1.54) is 0 Å². The van der Waals surface area contributed by atoms with E-state index >= 15 is 0 Å². The summed E-state index contributed by atoms with van der Waals surface area (Å²) in [5.41, 5.74) is -0.101. The van der Waals surface area contributed by atoms with Crippen molar-refractivity contribution in [2.24, 2.45) is 0 Å². The van der Waals surface area contributed by atoms with Crippen LogP contribution in [0.2, 0.25) is 0 Å². The van der Waals surface area contributed by atoms with Crippen LogP contribution in [-0.4, -0.2) is 33.6 Å². The van der Waals surface area contributed by atoms with E-state index in [2.05, 4.69) is 15.1 Å². The molecular weight excluding hydrogens is 380 g/mol. The number of aromatic amines is 1. The molecule has 0 spiro atoms. The molecule has 10 heteroatoms. The summed E-state index contributed by atoms with van der Waals surface area (Å²) in [5.74, 6) is 1.91. The zero-order valence-electron chi connectivity index (χ0n) is 15.2. The van der Waals surface area contributed by atoms with Crippen molar-refractivity contribution in [1.82, 2.24) is 19.7 Å². The summed E-state index contributed by atoms with van der Waals surface area (Å²) in [6.45, 7) is -0.113. The van der Waals surface area contributed by atoms with Crippen molar-refractivity contribution in [1.29, 1.82) is 0 Å². The van der Waals surface area contributed by atoms with Gasteiger partial charge in [-0.15, -0.1) is 0 Å². The summed E-state index contributed by atoms with van der Waals surface area (Å²) in [6, 6.07) is 10.3. The molecule has 5 rings (SSSR count). The zero-order valence-corrected chi connectivity index (χ0v) is 15.2. The van der Waals surface area contributed by atoms with Gasteiger partial charge in [-0.3, -0.25) is 9.36 Å². The van der Waals surface area contributed by atoms with Gasteiger partial charge in [-0.05, 0) is 18.2 Å². The van der Waals surface area contributed by atoms with Crippen molar-refractivity contribution < 1.29 is 18.7 Å². The number of hydrogen-bond donors (Lipinski definition) is 1. The van der Waals surface area contributed by atoms with Crippen LogP contribution >= 0.6 is 0 Å². The minimum absolute atomic E-state index is 0.0672. The van der Waals surface area contributed by atoms with Gasteiger partial charge in [-0.1, -0.05) is 17.3 Å². The number of nitrogens with one attached hydrogen (secondary N) is 1. The van der Waals surface area contributed by atoms with Crippen LogP contribution in [0.5, 0.6) is 17.2 Å². The van der Waals surface area contributed by atoms with Crippen molar-refractivity contribution in [2.45, 2.75) is 6.54 Å². The van der Waals surface area contributed by atoms with E-state index in [1.54, 1.807) is 31.4 Å². The molecule has 0 unspecified atom stereocenters. The number of aromatic nitrogens is 4. The third-order valence-electron chi connectivity index (χ3n) is 4.58. The minimum Gasteiger partial charge on any atom is -0.496 e. The second-order valence-corrected chi connectivity index (χ2v) is 6.28. The van der Waals surface area contributed by atoms with E-state index in [9.17, 15) is 9.59 Å². The molecule has 0 aliphatic carbocycles. The van der Waals surface area contributed by atoms with E-state index < -0.39 is 11.2 Å². The van der Waals surface area contributed by atoms with Crippen LogP contribution in [0.15, 0.2) is 50.5 Å². The van der Waals surface area contributed by atoms with Crippen LogP contribution < -0.4 is 25.5 Å². The average molecular weight is 394 g/mol. The summed E-state index contributed by atoms with van der Waals surface area (Å²) in [4.78, 5) is 32.3. The maximum absolute atomic E-state index is 12.9. The second-order valence-electron chi connectivity index (χ2n) is 6.28. The van der Waals surface area contributed by atoms with Crippen LogP contribution in [0.3, 0.4) is 0 Å². The molecule has 0 amide bonds. The largest absolute Gasteiger partial charge is 0.496 e. The Hall–Kier alpha value is -4.08. The van der Waals surface area contributed by atoms with Gasteiger partial charge >= 0.3 is 5.69 Å². The molecule has 1 N–H and O–H groups in total. The average Bonchev–Trinajstić information content (AvgIpc) is 3.39. The molecule has 0 radical (unpaired) electrons. The number of H-pyrrole nitrogens is 1. The number of hydrogen-bond acceptors (Lipinski definition) is 8. The molecule has 0 saturated heterocycles. The van der Waals surface area contributed by atoms with Crippen molar-refractivity contribution in [3.8, 4) is 28.6 Å². The molecule has 29 heavy (non-hydrogen) atoms. The monoisotopic (exact) mass is 394 g/mol. The van der Waals surface area contributed by atoms with Crippen LogP contribution in [0, 0.1) is 0 Å². The van der Waals surface area contributed by atoms with Gasteiger partial charge in [-0.2, -0.15) is 4.98 Å². The number of para-hydroxylation sites is 1. The molecule has 0 atom stereocenters. The Bertz CT molecular complexity index is 1350. The Morgan fingerprint density at radius 1 is 1.17 bits per heavy atom. The van der Waals surface area contributed by atoms with Gasteiger partial charge < -0.3 is 23.7 Å². The number of nitrogens with zero attached hydrogens (tertiary/aromatic N) is 3. The van der Waals surface area contributed by atoms with Crippen LogP contribution in [0.1, 0.15) is 5.89 Å². The maximum atomic E-state index is 12.9. The van der Waals surface area contributed by atoms with E-state index in [0.717, 1.165) is 4.57 Å². The van der Waals surface area contributed by atoms with Crippen molar-refractivity contribution >= 4 is 10.9 Å². The summed E-state index contributed by atoms with van der Waals surface area (Å²) < 4.78 is 22.1. The fourth-order valence-electron chi connectivity index (χ4n) is 3.18. The summed E-state index contributed by atoms with van der Waals surface area (Å²) in [5, 5.41) is 4.22. The lowest BCUT2D eigenvalue weighted by Crippen LogP contribution is -2.35. The summed E-state index contributed by atoms with van der Waals surface area (Å²) in [7, 11) is 1.54. The van der Waals surface area contributed by atoms with Gasteiger partial charge in [0.25, 0.3) is 5.56 Å². The molecular formula is C19H14N4O6. The van der Waals surface area contributed by atoms with Gasteiger partial charge in [0, 0.05) is 6.07 Å². The first-order valence-electron chi connectivity index (χ1n) is 8.66. The first-order valence-corrected chi connectivity index (χ1v) is 8.66. The molecule has 2 aromatic heterocycles.